The van der Waals surface area contributed by atoms with E-state index in [-0.39, 0.29) is 24.2 Å². The lowest BCUT2D eigenvalue weighted by molar-refractivity contribution is -0.118. The molecule has 1 amide bonds. The summed E-state index contributed by atoms with van der Waals surface area (Å²) < 4.78 is 1.12. The normalized spacial score (nSPS) is 22.8. The summed E-state index contributed by atoms with van der Waals surface area (Å²) in [5.41, 5.74) is 4.02. The first-order valence-electron chi connectivity index (χ1n) is 7.12. The Morgan fingerprint density at radius 3 is 3.00 bits per heavy atom. The average molecular weight is 324 g/mol. The molecule has 0 bridgehead atoms. The van der Waals surface area contributed by atoms with Gasteiger partial charge in [0.2, 0.25) is 5.91 Å². The number of carbonyl (C=O) groups excluding carboxylic acids is 1. The van der Waals surface area contributed by atoms with E-state index in [0.29, 0.717) is 5.41 Å². The highest BCUT2D eigenvalue weighted by atomic mass is 35.5. The summed E-state index contributed by atoms with van der Waals surface area (Å²) in [4.78, 5) is 16.6. The zero-order chi connectivity index (χ0) is 13.6. The van der Waals surface area contributed by atoms with Crippen LogP contribution in [0.1, 0.15) is 19.3 Å². The van der Waals surface area contributed by atoms with Gasteiger partial charge in [0.25, 0.3) is 0 Å². The van der Waals surface area contributed by atoms with E-state index in [0.717, 1.165) is 48.3 Å². The maximum Gasteiger partial charge on any atom is 0.228 e. The first-order chi connectivity index (χ1) is 9.77. The number of thiazole rings is 1. The standard InChI is InChI=1S/C15H17N3OS.ClH/c19-14(11-8-15(11)3-5-16-6-4-15)18-10-1-2-12-13(7-10)20-9-17-12;/h1-2,7,9,11,16H,3-6,8H2,(H,18,19);1H. The molecule has 1 aromatic heterocycles. The predicted octanol–water partition coefficient (Wildman–Crippen LogP) is 3.05. The number of halogens is 1. The summed E-state index contributed by atoms with van der Waals surface area (Å²) in [6, 6.07) is 5.93. The number of amides is 1. The number of anilines is 1. The van der Waals surface area contributed by atoms with Gasteiger partial charge >= 0.3 is 0 Å². The maximum absolute atomic E-state index is 12.4. The molecule has 6 heteroatoms. The molecule has 2 fully saturated rings. The number of nitrogens with one attached hydrogen (secondary N) is 2. The van der Waals surface area contributed by atoms with Crippen molar-refractivity contribution in [3.8, 4) is 0 Å². The molecule has 4 nitrogen and oxygen atoms in total. The fourth-order valence-corrected chi connectivity index (χ4v) is 4.07. The number of aromatic nitrogens is 1. The van der Waals surface area contributed by atoms with Gasteiger partial charge in [0.05, 0.1) is 15.7 Å². The van der Waals surface area contributed by atoms with Crippen LogP contribution in [0.3, 0.4) is 0 Å². The lowest BCUT2D eigenvalue weighted by Crippen LogP contribution is -2.31. The second-order valence-electron chi connectivity index (χ2n) is 5.89. The van der Waals surface area contributed by atoms with Gasteiger partial charge in [-0.15, -0.1) is 23.7 Å². The van der Waals surface area contributed by atoms with E-state index in [1.165, 1.54) is 0 Å². The summed E-state index contributed by atoms with van der Waals surface area (Å²) in [7, 11) is 0. The molecule has 1 aliphatic carbocycles. The molecule has 2 heterocycles. The van der Waals surface area contributed by atoms with E-state index in [1.54, 1.807) is 11.3 Å². The Morgan fingerprint density at radius 2 is 2.19 bits per heavy atom. The van der Waals surface area contributed by atoms with E-state index in [1.807, 2.05) is 23.7 Å². The molecule has 2 aliphatic rings. The van der Waals surface area contributed by atoms with Gasteiger partial charge in [0.1, 0.15) is 0 Å². The fraction of sp³-hybridized carbons (Fsp3) is 0.467. The Morgan fingerprint density at radius 1 is 1.38 bits per heavy atom. The first kappa shape index (κ1) is 14.8. The summed E-state index contributed by atoms with van der Waals surface area (Å²) in [6.45, 7) is 2.10. The van der Waals surface area contributed by atoms with Crippen LogP contribution in [0.2, 0.25) is 0 Å². The average Bonchev–Trinajstić information content (AvgIpc) is 2.96. The van der Waals surface area contributed by atoms with E-state index < -0.39 is 0 Å². The van der Waals surface area contributed by atoms with Gasteiger partial charge in [0.15, 0.2) is 0 Å². The van der Waals surface area contributed by atoms with Crippen molar-refractivity contribution in [2.75, 3.05) is 18.4 Å². The molecule has 1 atom stereocenters. The molecule has 4 rings (SSSR count). The number of hydrogen-bond acceptors (Lipinski definition) is 4. The first-order valence-corrected chi connectivity index (χ1v) is 8.00. The van der Waals surface area contributed by atoms with Gasteiger partial charge < -0.3 is 10.6 Å². The van der Waals surface area contributed by atoms with Crippen LogP contribution in [-0.4, -0.2) is 24.0 Å². The number of carbonyl (C=O) groups is 1. The van der Waals surface area contributed by atoms with Crippen molar-refractivity contribution in [1.82, 2.24) is 10.3 Å². The number of piperidine rings is 1. The molecule has 1 aromatic carbocycles. The van der Waals surface area contributed by atoms with Gasteiger partial charge in [-0.05, 0) is 56.0 Å². The number of hydrogen-bond donors (Lipinski definition) is 2. The van der Waals surface area contributed by atoms with Crippen LogP contribution in [0.5, 0.6) is 0 Å². The maximum atomic E-state index is 12.4. The van der Waals surface area contributed by atoms with Crippen molar-refractivity contribution >= 4 is 45.6 Å². The van der Waals surface area contributed by atoms with Crippen molar-refractivity contribution in [2.24, 2.45) is 11.3 Å². The third-order valence-electron chi connectivity index (χ3n) is 4.70. The molecule has 1 unspecified atom stereocenters. The van der Waals surface area contributed by atoms with Crippen molar-refractivity contribution in [3.05, 3.63) is 23.7 Å². The molecular formula is C15H18ClN3OS. The molecule has 1 spiro atoms. The smallest absolute Gasteiger partial charge is 0.228 e. The highest BCUT2D eigenvalue weighted by molar-refractivity contribution is 7.16. The molecule has 1 aliphatic heterocycles. The number of benzene rings is 1. The molecule has 112 valence electrons. The van der Waals surface area contributed by atoms with Crippen LogP contribution < -0.4 is 10.6 Å². The van der Waals surface area contributed by atoms with Gasteiger partial charge in [0, 0.05) is 11.6 Å². The second-order valence-corrected chi connectivity index (χ2v) is 6.78. The third kappa shape index (κ3) is 2.65. The summed E-state index contributed by atoms with van der Waals surface area (Å²) in [5, 5.41) is 6.45. The van der Waals surface area contributed by atoms with E-state index >= 15 is 0 Å². The van der Waals surface area contributed by atoms with Crippen LogP contribution in [0.4, 0.5) is 5.69 Å². The summed E-state index contributed by atoms with van der Waals surface area (Å²) in [6.07, 6.45) is 3.33. The minimum absolute atomic E-state index is 0. The Balaban J connectivity index is 0.00000132. The van der Waals surface area contributed by atoms with Gasteiger partial charge in [-0.1, -0.05) is 0 Å². The molecule has 1 saturated heterocycles. The van der Waals surface area contributed by atoms with E-state index in [2.05, 4.69) is 15.6 Å². The largest absolute Gasteiger partial charge is 0.326 e. The van der Waals surface area contributed by atoms with E-state index in [4.69, 9.17) is 0 Å². The van der Waals surface area contributed by atoms with E-state index in [9.17, 15) is 4.79 Å². The predicted molar refractivity (Wildman–Crippen MR) is 88.1 cm³/mol. The minimum Gasteiger partial charge on any atom is -0.326 e. The van der Waals surface area contributed by atoms with Crippen molar-refractivity contribution in [1.29, 1.82) is 0 Å². The van der Waals surface area contributed by atoms with Gasteiger partial charge in [-0.2, -0.15) is 0 Å². The highest BCUT2D eigenvalue weighted by Gasteiger charge is 2.57. The zero-order valence-electron chi connectivity index (χ0n) is 11.6. The quantitative estimate of drug-likeness (QED) is 0.893. The van der Waals surface area contributed by atoms with Crippen molar-refractivity contribution in [2.45, 2.75) is 19.3 Å². The lowest BCUT2D eigenvalue weighted by atomic mass is 9.92. The van der Waals surface area contributed by atoms with Crippen molar-refractivity contribution in [3.63, 3.8) is 0 Å². The Hall–Kier alpha value is -1.17. The lowest BCUT2D eigenvalue weighted by Gasteiger charge is -2.23. The number of rotatable bonds is 2. The topological polar surface area (TPSA) is 54.0 Å². The molecule has 0 radical (unpaired) electrons. The molecule has 1 saturated carbocycles. The Bertz CT molecular complexity index is 666. The van der Waals surface area contributed by atoms with Gasteiger partial charge in [-0.25, -0.2) is 4.98 Å². The molecular weight excluding hydrogens is 306 g/mol. The van der Waals surface area contributed by atoms with Crippen LogP contribution in [-0.2, 0) is 4.79 Å². The Kier molecular flexibility index (Phi) is 3.90. The monoisotopic (exact) mass is 323 g/mol. The van der Waals surface area contributed by atoms with Crippen LogP contribution >= 0.6 is 23.7 Å². The highest BCUT2D eigenvalue weighted by Crippen LogP contribution is 2.58. The summed E-state index contributed by atoms with van der Waals surface area (Å²) >= 11 is 1.60. The van der Waals surface area contributed by atoms with Gasteiger partial charge in [-0.3, -0.25) is 4.79 Å². The second kappa shape index (κ2) is 5.55. The SMILES string of the molecule is Cl.O=C(Nc1ccc2ncsc2c1)C1CC12CCNCC2. The molecule has 2 N–H and O–H groups in total. The summed E-state index contributed by atoms with van der Waals surface area (Å²) in [5.74, 6) is 0.400. The minimum atomic E-state index is 0. The third-order valence-corrected chi connectivity index (χ3v) is 5.50. The molecule has 21 heavy (non-hydrogen) atoms. The van der Waals surface area contributed by atoms with Crippen molar-refractivity contribution < 1.29 is 4.79 Å². The fourth-order valence-electron chi connectivity index (χ4n) is 3.36. The van der Waals surface area contributed by atoms with Crippen LogP contribution in [0, 0.1) is 11.3 Å². The number of nitrogens with zero attached hydrogens (tertiary/aromatic N) is 1. The molecule has 2 aromatic rings. The number of fused-ring (bicyclic) bond motifs is 1. The van der Waals surface area contributed by atoms with Crippen LogP contribution in [0.25, 0.3) is 10.2 Å². The Labute approximate surface area is 133 Å². The van der Waals surface area contributed by atoms with Crippen LogP contribution in [0.15, 0.2) is 23.7 Å². The zero-order valence-corrected chi connectivity index (χ0v) is 13.2.